The number of halogens is 1. The van der Waals surface area contributed by atoms with E-state index in [1.807, 2.05) is 13.0 Å². The molecule has 2 atom stereocenters. The summed E-state index contributed by atoms with van der Waals surface area (Å²) >= 11 is 0. The molecule has 1 aromatic carbocycles. The van der Waals surface area contributed by atoms with E-state index >= 15 is 0 Å². The maximum atomic E-state index is 13.8. The molecule has 1 fully saturated rings. The number of fused-ring (bicyclic) bond motifs is 1. The van der Waals surface area contributed by atoms with Crippen LogP contribution in [0.1, 0.15) is 25.3 Å². The van der Waals surface area contributed by atoms with Gasteiger partial charge in [0.1, 0.15) is 5.82 Å². The third kappa shape index (κ3) is 3.06. The van der Waals surface area contributed by atoms with Crippen molar-refractivity contribution in [1.29, 1.82) is 0 Å². The van der Waals surface area contributed by atoms with Crippen LogP contribution in [0.15, 0.2) is 30.5 Å². The average Bonchev–Trinajstić information content (AvgIpc) is 2.51. The second-order valence-corrected chi connectivity index (χ2v) is 5.98. The number of hydrogen-bond acceptors (Lipinski definition) is 3. The fourth-order valence-corrected chi connectivity index (χ4v) is 3.19. The van der Waals surface area contributed by atoms with E-state index in [-0.39, 0.29) is 11.9 Å². The zero-order chi connectivity index (χ0) is 14.8. The number of aromatic nitrogens is 1. The lowest BCUT2D eigenvalue weighted by Gasteiger charge is -2.34. The number of aliphatic hydroxyl groups excluding tert-OH is 1. The van der Waals surface area contributed by atoms with Gasteiger partial charge < -0.3 is 5.11 Å². The number of likely N-dealkylation sites (tertiary alicyclic amines) is 1. The normalized spacial score (nSPS) is 21.6. The van der Waals surface area contributed by atoms with Gasteiger partial charge in [-0.2, -0.15) is 0 Å². The van der Waals surface area contributed by atoms with E-state index in [4.69, 9.17) is 0 Å². The fourth-order valence-electron chi connectivity index (χ4n) is 3.19. The van der Waals surface area contributed by atoms with Gasteiger partial charge in [0, 0.05) is 24.7 Å². The van der Waals surface area contributed by atoms with E-state index in [1.54, 1.807) is 18.3 Å². The van der Waals surface area contributed by atoms with Crippen molar-refractivity contribution in [2.45, 2.75) is 32.4 Å². The number of piperidine rings is 1. The van der Waals surface area contributed by atoms with Gasteiger partial charge >= 0.3 is 0 Å². The lowest BCUT2D eigenvalue weighted by atomic mass is 9.93. The number of aliphatic hydroxyl groups is 1. The summed E-state index contributed by atoms with van der Waals surface area (Å²) in [5.74, 6) is 0.112. The van der Waals surface area contributed by atoms with Gasteiger partial charge in [-0.3, -0.25) is 9.88 Å². The Morgan fingerprint density at radius 2 is 2.29 bits per heavy atom. The first-order valence-electron chi connectivity index (χ1n) is 7.57. The first kappa shape index (κ1) is 14.4. The average molecular weight is 288 g/mol. The minimum absolute atomic E-state index is 0.220. The number of rotatable bonds is 3. The van der Waals surface area contributed by atoms with E-state index in [9.17, 15) is 9.50 Å². The number of hydrogen-bond donors (Lipinski definition) is 1. The van der Waals surface area contributed by atoms with Crippen LogP contribution < -0.4 is 0 Å². The van der Waals surface area contributed by atoms with E-state index < -0.39 is 0 Å². The molecule has 0 amide bonds. The highest BCUT2D eigenvalue weighted by molar-refractivity contribution is 5.82. The minimum Gasteiger partial charge on any atom is -0.393 e. The highest BCUT2D eigenvalue weighted by Gasteiger charge is 2.23. The van der Waals surface area contributed by atoms with E-state index in [1.165, 1.54) is 6.07 Å². The van der Waals surface area contributed by atoms with E-state index in [2.05, 4.69) is 9.88 Å². The Balaban J connectivity index is 1.83. The quantitative estimate of drug-likeness (QED) is 0.943. The molecule has 4 heteroatoms. The zero-order valence-corrected chi connectivity index (χ0v) is 12.3. The van der Waals surface area contributed by atoms with Crippen molar-refractivity contribution in [3.63, 3.8) is 0 Å². The lowest BCUT2D eigenvalue weighted by Crippen LogP contribution is -2.39. The van der Waals surface area contributed by atoms with Gasteiger partial charge in [-0.1, -0.05) is 6.07 Å². The molecule has 1 N–H and O–H groups in total. The van der Waals surface area contributed by atoms with Gasteiger partial charge in [-0.25, -0.2) is 4.39 Å². The van der Waals surface area contributed by atoms with Crippen molar-refractivity contribution in [1.82, 2.24) is 9.88 Å². The summed E-state index contributed by atoms with van der Waals surface area (Å²) in [5.41, 5.74) is 1.80. The molecule has 1 aliphatic rings. The number of pyridine rings is 1. The molecule has 1 aliphatic heterocycles. The second-order valence-electron chi connectivity index (χ2n) is 5.98. The van der Waals surface area contributed by atoms with Crippen LogP contribution in [-0.2, 0) is 6.54 Å². The molecule has 2 unspecified atom stereocenters. The molecule has 2 aromatic rings. The summed E-state index contributed by atoms with van der Waals surface area (Å²) in [4.78, 5) is 6.68. The molecule has 21 heavy (non-hydrogen) atoms. The monoisotopic (exact) mass is 288 g/mol. The molecule has 0 spiro atoms. The van der Waals surface area contributed by atoms with Crippen molar-refractivity contribution in [2.75, 3.05) is 13.1 Å². The van der Waals surface area contributed by atoms with Crippen LogP contribution in [0, 0.1) is 11.7 Å². The maximum Gasteiger partial charge on any atom is 0.132 e. The highest BCUT2D eigenvalue weighted by Crippen LogP contribution is 2.25. The van der Waals surface area contributed by atoms with E-state index in [0.29, 0.717) is 11.3 Å². The molecule has 3 rings (SSSR count). The van der Waals surface area contributed by atoms with Gasteiger partial charge in [-0.05, 0) is 56.0 Å². The van der Waals surface area contributed by atoms with E-state index in [0.717, 1.165) is 43.6 Å². The number of nitrogens with zero attached hydrogens (tertiary/aromatic N) is 2. The van der Waals surface area contributed by atoms with Gasteiger partial charge in [0.15, 0.2) is 0 Å². The largest absolute Gasteiger partial charge is 0.393 e. The molecule has 0 saturated carbocycles. The topological polar surface area (TPSA) is 36.4 Å². The highest BCUT2D eigenvalue weighted by atomic mass is 19.1. The summed E-state index contributed by atoms with van der Waals surface area (Å²) < 4.78 is 13.8. The van der Waals surface area contributed by atoms with Crippen LogP contribution in [0.3, 0.4) is 0 Å². The molecular weight excluding hydrogens is 267 g/mol. The van der Waals surface area contributed by atoms with Crippen LogP contribution in [0.25, 0.3) is 10.9 Å². The SMILES string of the molecule is CC(O)C1CCCN(Cc2ccc(F)c3cccnc23)C1. The second kappa shape index (κ2) is 6.08. The summed E-state index contributed by atoms with van der Waals surface area (Å²) in [7, 11) is 0. The third-order valence-electron chi connectivity index (χ3n) is 4.42. The van der Waals surface area contributed by atoms with Crippen molar-refractivity contribution >= 4 is 10.9 Å². The van der Waals surface area contributed by atoms with Gasteiger partial charge in [0.05, 0.1) is 11.6 Å². The van der Waals surface area contributed by atoms with Crippen molar-refractivity contribution < 1.29 is 9.50 Å². The first-order valence-corrected chi connectivity index (χ1v) is 7.57. The first-order chi connectivity index (χ1) is 10.1. The molecule has 112 valence electrons. The Bertz CT molecular complexity index is 629. The van der Waals surface area contributed by atoms with Crippen molar-refractivity contribution in [3.8, 4) is 0 Å². The van der Waals surface area contributed by atoms with Crippen LogP contribution in [-0.4, -0.2) is 34.2 Å². The Labute approximate surface area is 124 Å². The summed E-state index contributed by atoms with van der Waals surface area (Å²) in [6, 6.07) is 6.89. The molecule has 0 bridgehead atoms. The van der Waals surface area contributed by atoms with Crippen molar-refractivity contribution in [3.05, 3.63) is 41.8 Å². The molecule has 0 aliphatic carbocycles. The summed E-state index contributed by atoms with van der Waals surface area (Å²) in [6.07, 6.45) is 3.62. The Kier molecular flexibility index (Phi) is 4.17. The Morgan fingerprint density at radius 1 is 1.43 bits per heavy atom. The summed E-state index contributed by atoms with van der Waals surface area (Å²) in [6.45, 7) is 4.54. The standard InChI is InChI=1S/C17H21FN2O/c1-12(21)13-4-3-9-20(10-13)11-14-6-7-16(18)15-5-2-8-19-17(14)15/h2,5-8,12-13,21H,3-4,9-11H2,1H3. The molecule has 1 saturated heterocycles. The molecule has 2 heterocycles. The molecule has 3 nitrogen and oxygen atoms in total. The third-order valence-corrected chi connectivity index (χ3v) is 4.42. The van der Waals surface area contributed by atoms with Gasteiger partial charge in [0.2, 0.25) is 0 Å². The van der Waals surface area contributed by atoms with Crippen LogP contribution >= 0.6 is 0 Å². The number of benzene rings is 1. The Morgan fingerprint density at radius 3 is 3.10 bits per heavy atom. The summed E-state index contributed by atoms with van der Waals surface area (Å²) in [5, 5.41) is 10.4. The predicted molar refractivity (Wildman–Crippen MR) is 81.4 cm³/mol. The Hall–Kier alpha value is -1.52. The molecule has 0 radical (unpaired) electrons. The van der Waals surface area contributed by atoms with Gasteiger partial charge in [0.25, 0.3) is 0 Å². The maximum absolute atomic E-state index is 13.8. The predicted octanol–water partition coefficient (Wildman–Crippen LogP) is 2.97. The van der Waals surface area contributed by atoms with Crippen LogP contribution in [0.5, 0.6) is 0 Å². The fraction of sp³-hybridized carbons (Fsp3) is 0.471. The molecule has 1 aromatic heterocycles. The van der Waals surface area contributed by atoms with Crippen LogP contribution in [0.2, 0.25) is 0 Å². The van der Waals surface area contributed by atoms with Crippen molar-refractivity contribution in [2.24, 2.45) is 5.92 Å². The lowest BCUT2D eigenvalue weighted by molar-refractivity contribution is 0.0600. The van der Waals surface area contributed by atoms with Crippen LogP contribution in [0.4, 0.5) is 4.39 Å². The molecular formula is C17H21FN2O. The smallest absolute Gasteiger partial charge is 0.132 e. The van der Waals surface area contributed by atoms with Gasteiger partial charge in [-0.15, -0.1) is 0 Å². The zero-order valence-electron chi connectivity index (χ0n) is 12.3. The minimum atomic E-state index is -0.268.